The van der Waals surface area contributed by atoms with Crippen LogP contribution in [-0.4, -0.2) is 62.1 Å². The van der Waals surface area contributed by atoms with E-state index < -0.39 is 0 Å². The summed E-state index contributed by atoms with van der Waals surface area (Å²) in [5.74, 6) is 0.228. The molecule has 14 heavy (non-hydrogen) atoms. The Hall–Kier alpha value is -0.610. The van der Waals surface area contributed by atoms with Gasteiger partial charge in [0.2, 0.25) is 5.91 Å². The number of piperazine rings is 1. The number of hydrogen-bond donors (Lipinski definition) is 0. The highest BCUT2D eigenvalue weighted by molar-refractivity contribution is 5.76. The minimum atomic E-state index is 0.228. The maximum absolute atomic E-state index is 11.6. The lowest BCUT2D eigenvalue weighted by atomic mass is 10.3. The third kappa shape index (κ3) is 3.64. The minimum Gasteiger partial charge on any atom is -0.381 e. The molecule has 4 heteroatoms. The molecule has 1 rings (SSSR count). The van der Waals surface area contributed by atoms with E-state index in [1.54, 1.807) is 0 Å². The third-order valence-electron chi connectivity index (χ3n) is 2.52. The minimum absolute atomic E-state index is 0.228. The first-order valence-electron chi connectivity index (χ1n) is 5.28. The van der Waals surface area contributed by atoms with Crippen molar-refractivity contribution in [3.8, 4) is 0 Å². The molecule has 1 aliphatic rings. The van der Waals surface area contributed by atoms with Crippen LogP contribution in [0.1, 0.15) is 13.3 Å². The van der Waals surface area contributed by atoms with Gasteiger partial charge in [-0.15, -0.1) is 0 Å². The Kier molecular flexibility index (Phi) is 4.90. The number of ether oxygens (including phenoxy) is 1. The summed E-state index contributed by atoms with van der Waals surface area (Å²) in [6, 6.07) is 0. The largest absolute Gasteiger partial charge is 0.381 e. The predicted molar refractivity (Wildman–Crippen MR) is 55.2 cm³/mol. The van der Waals surface area contributed by atoms with Gasteiger partial charge in [0.05, 0.1) is 13.0 Å². The van der Waals surface area contributed by atoms with Gasteiger partial charge < -0.3 is 14.5 Å². The molecule has 1 amide bonds. The van der Waals surface area contributed by atoms with Gasteiger partial charge in [0.1, 0.15) is 0 Å². The van der Waals surface area contributed by atoms with Crippen LogP contribution in [0.4, 0.5) is 0 Å². The average Bonchev–Trinajstić information content (AvgIpc) is 2.19. The van der Waals surface area contributed by atoms with Crippen LogP contribution >= 0.6 is 0 Å². The summed E-state index contributed by atoms with van der Waals surface area (Å²) in [5, 5.41) is 0. The SMILES string of the molecule is CCOCCC(=O)N1CCN(C)CC1. The van der Waals surface area contributed by atoms with Crippen LogP contribution in [0.5, 0.6) is 0 Å². The number of carbonyl (C=O) groups is 1. The smallest absolute Gasteiger partial charge is 0.224 e. The van der Waals surface area contributed by atoms with Crippen molar-refractivity contribution in [3.63, 3.8) is 0 Å². The van der Waals surface area contributed by atoms with Gasteiger partial charge in [0.25, 0.3) is 0 Å². The van der Waals surface area contributed by atoms with E-state index in [0.29, 0.717) is 19.6 Å². The van der Waals surface area contributed by atoms with E-state index in [1.807, 2.05) is 11.8 Å². The molecule has 0 atom stereocenters. The Balaban J connectivity index is 2.17. The standard InChI is InChI=1S/C10H20N2O2/c1-3-14-9-4-10(13)12-7-5-11(2)6-8-12/h3-9H2,1-2H3. The maximum Gasteiger partial charge on any atom is 0.224 e. The van der Waals surface area contributed by atoms with Crippen LogP contribution < -0.4 is 0 Å². The molecular weight excluding hydrogens is 180 g/mol. The van der Waals surface area contributed by atoms with Crippen LogP contribution in [0.2, 0.25) is 0 Å². The van der Waals surface area contributed by atoms with Crippen LogP contribution in [0, 0.1) is 0 Å². The molecule has 0 radical (unpaired) electrons. The summed E-state index contributed by atoms with van der Waals surface area (Å²) in [6.45, 7) is 6.89. The van der Waals surface area contributed by atoms with E-state index in [0.717, 1.165) is 26.2 Å². The normalized spacial score (nSPS) is 18.6. The predicted octanol–water partition coefficient (Wildman–Crippen LogP) is 0.187. The van der Waals surface area contributed by atoms with Crippen molar-refractivity contribution in [1.29, 1.82) is 0 Å². The molecule has 0 bridgehead atoms. The number of nitrogens with zero attached hydrogens (tertiary/aromatic N) is 2. The number of amides is 1. The summed E-state index contributed by atoms with van der Waals surface area (Å²) in [4.78, 5) is 15.8. The maximum atomic E-state index is 11.6. The Bertz CT molecular complexity index is 177. The van der Waals surface area contributed by atoms with E-state index >= 15 is 0 Å². The fourth-order valence-corrected chi connectivity index (χ4v) is 1.52. The van der Waals surface area contributed by atoms with E-state index in [-0.39, 0.29) is 5.91 Å². The van der Waals surface area contributed by atoms with E-state index in [4.69, 9.17) is 4.74 Å². The van der Waals surface area contributed by atoms with Gasteiger partial charge in [0, 0.05) is 32.8 Å². The Morgan fingerprint density at radius 3 is 2.50 bits per heavy atom. The zero-order chi connectivity index (χ0) is 10.4. The average molecular weight is 200 g/mol. The molecule has 0 unspecified atom stereocenters. The highest BCUT2D eigenvalue weighted by Crippen LogP contribution is 2.01. The second-order valence-electron chi connectivity index (χ2n) is 3.63. The Labute approximate surface area is 85.8 Å². The number of hydrogen-bond acceptors (Lipinski definition) is 3. The zero-order valence-electron chi connectivity index (χ0n) is 9.16. The summed E-state index contributed by atoms with van der Waals surface area (Å²) in [6.07, 6.45) is 0.525. The van der Waals surface area contributed by atoms with Crippen molar-refractivity contribution in [2.75, 3.05) is 46.4 Å². The summed E-state index contributed by atoms with van der Waals surface area (Å²) in [5.41, 5.74) is 0. The van der Waals surface area contributed by atoms with Gasteiger partial charge in [-0.25, -0.2) is 0 Å². The molecule has 0 spiro atoms. The van der Waals surface area contributed by atoms with Gasteiger partial charge in [-0.3, -0.25) is 4.79 Å². The van der Waals surface area contributed by atoms with Crippen LogP contribution in [0.25, 0.3) is 0 Å². The lowest BCUT2D eigenvalue weighted by Crippen LogP contribution is -2.47. The summed E-state index contributed by atoms with van der Waals surface area (Å²) in [7, 11) is 2.09. The molecular formula is C10H20N2O2. The first-order chi connectivity index (χ1) is 6.74. The third-order valence-corrected chi connectivity index (χ3v) is 2.52. The van der Waals surface area contributed by atoms with Gasteiger partial charge in [-0.1, -0.05) is 0 Å². The molecule has 0 aromatic rings. The van der Waals surface area contributed by atoms with Gasteiger partial charge in [-0.2, -0.15) is 0 Å². The Morgan fingerprint density at radius 2 is 1.93 bits per heavy atom. The lowest BCUT2D eigenvalue weighted by molar-refractivity contribution is -0.133. The van der Waals surface area contributed by atoms with Crippen molar-refractivity contribution in [3.05, 3.63) is 0 Å². The molecule has 1 heterocycles. The first-order valence-corrected chi connectivity index (χ1v) is 5.28. The zero-order valence-corrected chi connectivity index (χ0v) is 9.16. The molecule has 0 aromatic heterocycles. The molecule has 0 aromatic carbocycles. The van der Waals surface area contributed by atoms with Crippen molar-refractivity contribution >= 4 is 5.91 Å². The Morgan fingerprint density at radius 1 is 1.29 bits per heavy atom. The van der Waals surface area contributed by atoms with Gasteiger partial charge in [0.15, 0.2) is 0 Å². The molecule has 82 valence electrons. The van der Waals surface area contributed by atoms with Gasteiger partial charge in [-0.05, 0) is 14.0 Å². The molecule has 4 nitrogen and oxygen atoms in total. The number of carbonyl (C=O) groups excluding carboxylic acids is 1. The van der Waals surface area contributed by atoms with E-state index in [1.165, 1.54) is 0 Å². The topological polar surface area (TPSA) is 32.8 Å². The summed E-state index contributed by atoms with van der Waals surface area (Å²) >= 11 is 0. The van der Waals surface area contributed by atoms with Crippen molar-refractivity contribution in [2.45, 2.75) is 13.3 Å². The van der Waals surface area contributed by atoms with Gasteiger partial charge >= 0.3 is 0 Å². The molecule has 0 aliphatic carbocycles. The first kappa shape index (κ1) is 11.5. The van der Waals surface area contributed by atoms with Crippen LogP contribution in [0.15, 0.2) is 0 Å². The molecule has 0 saturated carbocycles. The second-order valence-corrected chi connectivity index (χ2v) is 3.63. The van der Waals surface area contributed by atoms with Crippen molar-refractivity contribution < 1.29 is 9.53 Å². The van der Waals surface area contributed by atoms with Crippen LogP contribution in [0.3, 0.4) is 0 Å². The van der Waals surface area contributed by atoms with E-state index in [9.17, 15) is 4.79 Å². The highest BCUT2D eigenvalue weighted by Gasteiger charge is 2.18. The van der Waals surface area contributed by atoms with Crippen LogP contribution in [-0.2, 0) is 9.53 Å². The fourth-order valence-electron chi connectivity index (χ4n) is 1.52. The number of rotatable bonds is 4. The fraction of sp³-hybridized carbons (Fsp3) is 0.900. The van der Waals surface area contributed by atoms with Crippen molar-refractivity contribution in [1.82, 2.24) is 9.80 Å². The quantitative estimate of drug-likeness (QED) is 0.607. The monoisotopic (exact) mass is 200 g/mol. The van der Waals surface area contributed by atoms with Crippen molar-refractivity contribution in [2.24, 2.45) is 0 Å². The lowest BCUT2D eigenvalue weighted by Gasteiger charge is -2.32. The van der Waals surface area contributed by atoms with E-state index in [2.05, 4.69) is 11.9 Å². The molecule has 0 N–H and O–H groups in total. The molecule has 1 saturated heterocycles. The molecule has 1 aliphatic heterocycles. The highest BCUT2D eigenvalue weighted by atomic mass is 16.5. The molecule has 1 fully saturated rings. The second kappa shape index (κ2) is 5.98. The number of likely N-dealkylation sites (N-methyl/N-ethyl adjacent to an activating group) is 1. The summed E-state index contributed by atoms with van der Waals surface area (Å²) < 4.78 is 5.16.